The van der Waals surface area contributed by atoms with Gasteiger partial charge >= 0.3 is 6.18 Å². The predicted octanol–water partition coefficient (Wildman–Crippen LogP) is 4.10. The van der Waals surface area contributed by atoms with Crippen LogP contribution >= 0.6 is 0 Å². The summed E-state index contributed by atoms with van der Waals surface area (Å²) in [6, 6.07) is 11.7. The fourth-order valence-electron chi connectivity index (χ4n) is 2.29. The lowest BCUT2D eigenvalue weighted by Gasteiger charge is -2.33. The van der Waals surface area contributed by atoms with Gasteiger partial charge in [-0.25, -0.2) is 0 Å². The Hall–Kier alpha value is -1.81. The van der Waals surface area contributed by atoms with Crippen LogP contribution in [-0.4, -0.2) is 11.3 Å². The van der Waals surface area contributed by atoms with Crippen LogP contribution in [0.1, 0.15) is 22.3 Å². The van der Waals surface area contributed by atoms with Crippen molar-refractivity contribution in [3.05, 3.63) is 70.8 Å². The van der Waals surface area contributed by atoms with Gasteiger partial charge in [-0.15, -0.1) is 0 Å². The highest BCUT2D eigenvalue weighted by molar-refractivity contribution is 5.45. The molecule has 0 saturated heterocycles. The highest BCUT2D eigenvalue weighted by Gasteiger charge is 2.56. The molecule has 0 amide bonds. The van der Waals surface area contributed by atoms with Gasteiger partial charge in [-0.2, -0.15) is 13.2 Å². The second-order valence-electron chi connectivity index (χ2n) is 4.82. The zero-order chi connectivity index (χ0) is 15.0. The first kappa shape index (κ1) is 14.6. The fourth-order valence-corrected chi connectivity index (χ4v) is 2.29. The van der Waals surface area contributed by atoms with Crippen molar-refractivity contribution < 1.29 is 18.3 Å². The largest absolute Gasteiger partial charge is 0.425 e. The zero-order valence-corrected chi connectivity index (χ0v) is 11.2. The predicted molar refractivity (Wildman–Crippen MR) is 71.4 cm³/mol. The number of aliphatic hydroxyl groups is 1. The van der Waals surface area contributed by atoms with Crippen LogP contribution in [0.4, 0.5) is 13.2 Å². The van der Waals surface area contributed by atoms with Crippen molar-refractivity contribution in [3.63, 3.8) is 0 Å². The van der Waals surface area contributed by atoms with E-state index in [0.717, 1.165) is 0 Å². The Morgan fingerprint density at radius 3 is 2.00 bits per heavy atom. The van der Waals surface area contributed by atoms with Crippen LogP contribution in [0.3, 0.4) is 0 Å². The third-order valence-electron chi connectivity index (χ3n) is 3.60. The SMILES string of the molecule is Cc1cccc(C(O)(c2ccccc2)C(F)(F)F)c1C. The summed E-state index contributed by atoms with van der Waals surface area (Å²) in [6.45, 7) is 3.31. The molecule has 2 rings (SSSR count). The standard InChI is InChI=1S/C16H15F3O/c1-11-7-6-10-14(12(11)2)15(20,16(17,18)19)13-8-4-3-5-9-13/h3-10,20H,1-2H3. The lowest BCUT2D eigenvalue weighted by Crippen LogP contribution is -2.44. The van der Waals surface area contributed by atoms with Gasteiger partial charge in [-0.1, -0.05) is 48.5 Å². The second kappa shape index (κ2) is 4.94. The molecule has 2 aromatic carbocycles. The van der Waals surface area contributed by atoms with E-state index in [1.165, 1.54) is 36.4 Å². The number of halogens is 3. The Morgan fingerprint density at radius 1 is 0.850 bits per heavy atom. The summed E-state index contributed by atoms with van der Waals surface area (Å²) in [5, 5.41) is 10.5. The average molecular weight is 280 g/mol. The van der Waals surface area contributed by atoms with Crippen LogP contribution in [0.25, 0.3) is 0 Å². The number of benzene rings is 2. The molecule has 0 spiro atoms. The molecule has 1 atom stereocenters. The first-order valence-corrected chi connectivity index (χ1v) is 6.20. The Kier molecular flexibility index (Phi) is 3.61. The van der Waals surface area contributed by atoms with Gasteiger partial charge < -0.3 is 5.11 Å². The van der Waals surface area contributed by atoms with E-state index in [2.05, 4.69) is 0 Å². The molecule has 4 heteroatoms. The molecule has 0 aromatic heterocycles. The van der Waals surface area contributed by atoms with Crippen LogP contribution in [0.15, 0.2) is 48.5 Å². The van der Waals surface area contributed by atoms with Crippen molar-refractivity contribution in [3.8, 4) is 0 Å². The third-order valence-corrected chi connectivity index (χ3v) is 3.60. The second-order valence-corrected chi connectivity index (χ2v) is 4.82. The average Bonchev–Trinajstić information content (AvgIpc) is 2.41. The molecule has 0 heterocycles. The summed E-state index contributed by atoms with van der Waals surface area (Å²) in [5.41, 5.74) is -2.15. The maximum atomic E-state index is 13.5. The molecule has 1 nitrogen and oxygen atoms in total. The molecule has 0 aliphatic rings. The van der Waals surface area contributed by atoms with Crippen LogP contribution in [0, 0.1) is 13.8 Å². The van der Waals surface area contributed by atoms with E-state index in [0.29, 0.717) is 11.1 Å². The number of hydrogen-bond acceptors (Lipinski definition) is 1. The number of alkyl halides is 3. The Bertz CT molecular complexity index is 605. The number of aryl methyl sites for hydroxylation is 1. The van der Waals surface area contributed by atoms with Crippen molar-refractivity contribution in [2.24, 2.45) is 0 Å². The smallest absolute Gasteiger partial charge is 0.372 e. The molecule has 106 valence electrons. The van der Waals surface area contributed by atoms with Crippen molar-refractivity contribution in [1.29, 1.82) is 0 Å². The van der Waals surface area contributed by atoms with Crippen molar-refractivity contribution in [2.75, 3.05) is 0 Å². The minimum Gasteiger partial charge on any atom is -0.372 e. The summed E-state index contributed by atoms with van der Waals surface area (Å²) in [5.74, 6) is 0. The van der Waals surface area contributed by atoms with Gasteiger partial charge in [0.25, 0.3) is 0 Å². The van der Waals surface area contributed by atoms with Gasteiger partial charge in [0.1, 0.15) is 0 Å². The molecule has 0 saturated carbocycles. The lowest BCUT2D eigenvalue weighted by molar-refractivity contribution is -0.248. The van der Waals surface area contributed by atoms with E-state index in [4.69, 9.17) is 0 Å². The fraction of sp³-hybridized carbons (Fsp3) is 0.250. The van der Waals surface area contributed by atoms with E-state index >= 15 is 0 Å². The molecule has 0 aliphatic heterocycles. The molecule has 1 N–H and O–H groups in total. The molecule has 2 aromatic rings. The lowest BCUT2D eigenvalue weighted by atomic mass is 9.82. The quantitative estimate of drug-likeness (QED) is 0.878. The molecule has 0 radical (unpaired) electrons. The van der Waals surface area contributed by atoms with Crippen molar-refractivity contribution in [1.82, 2.24) is 0 Å². The van der Waals surface area contributed by atoms with Crippen molar-refractivity contribution in [2.45, 2.75) is 25.6 Å². The summed E-state index contributed by atoms with van der Waals surface area (Å²) in [4.78, 5) is 0. The van der Waals surface area contributed by atoms with Gasteiger partial charge in [0.05, 0.1) is 0 Å². The molecule has 20 heavy (non-hydrogen) atoms. The molecule has 0 fully saturated rings. The first-order chi connectivity index (χ1) is 9.28. The van der Waals surface area contributed by atoms with E-state index in [1.54, 1.807) is 26.0 Å². The van der Waals surface area contributed by atoms with Gasteiger partial charge in [-0.3, -0.25) is 0 Å². The Labute approximate surface area is 115 Å². The number of hydrogen-bond donors (Lipinski definition) is 1. The monoisotopic (exact) mass is 280 g/mol. The van der Waals surface area contributed by atoms with Crippen LogP contribution < -0.4 is 0 Å². The minimum absolute atomic E-state index is 0.129. The van der Waals surface area contributed by atoms with Gasteiger partial charge in [-0.05, 0) is 30.5 Å². The normalized spacial score (nSPS) is 14.9. The third kappa shape index (κ3) is 2.20. The van der Waals surface area contributed by atoms with Crippen LogP contribution in [0.5, 0.6) is 0 Å². The van der Waals surface area contributed by atoms with Crippen LogP contribution in [0.2, 0.25) is 0 Å². The van der Waals surface area contributed by atoms with E-state index in [9.17, 15) is 18.3 Å². The van der Waals surface area contributed by atoms with Gasteiger partial charge in [0.15, 0.2) is 0 Å². The van der Waals surface area contributed by atoms with Gasteiger partial charge in [0, 0.05) is 5.56 Å². The van der Waals surface area contributed by atoms with E-state index < -0.39 is 11.8 Å². The molecular weight excluding hydrogens is 265 g/mol. The molecule has 0 bridgehead atoms. The Balaban J connectivity index is 2.75. The maximum absolute atomic E-state index is 13.5. The molecule has 1 unspecified atom stereocenters. The summed E-state index contributed by atoms with van der Waals surface area (Å²) < 4.78 is 40.6. The minimum atomic E-state index is -4.80. The summed E-state index contributed by atoms with van der Waals surface area (Å²) >= 11 is 0. The van der Waals surface area contributed by atoms with Crippen molar-refractivity contribution >= 4 is 0 Å². The number of rotatable bonds is 2. The summed E-state index contributed by atoms with van der Waals surface area (Å²) in [7, 11) is 0. The van der Waals surface area contributed by atoms with E-state index in [1.807, 2.05) is 0 Å². The van der Waals surface area contributed by atoms with Gasteiger partial charge in [0.2, 0.25) is 5.60 Å². The topological polar surface area (TPSA) is 20.2 Å². The highest BCUT2D eigenvalue weighted by atomic mass is 19.4. The maximum Gasteiger partial charge on any atom is 0.425 e. The first-order valence-electron chi connectivity index (χ1n) is 6.20. The highest BCUT2D eigenvalue weighted by Crippen LogP contribution is 2.45. The summed E-state index contributed by atoms with van der Waals surface area (Å²) in [6.07, 6.45) is -4.80. The molecular formula is C16H15F3O. The zero-order valence-electron chi connectivity index (χ0n) is 11.2. The van der Waals surface area contributed by atoms with E-state index in [-0.39, 0.29) is 11.1 Å². The molecule has 0 aliphatic carbocycles. The van der Waals surface area contributed by atoms with Crippen LogP contribution in [-0.2, 0) is 5.60 Å². The Morgan fingerprint density at radius 2 is 1.45 bits per heavy atom.